The molecule has 0 aliphatic heterocycles. The van der Waals surface area contributed by atoms with Gasteiger partial charge in [0.05, 0.1) is 10.7 Å². The quantitative estimate of drug-likeness (QED) is 0.686. The Balaban J connectivity index is 1.80. The van der Waals surface area contributed by atoms with Crippen LogP contribution in [0.25, 0.3) is 5.69 Å². The first kappa shape index (κ1) is 14.7. The summed E-state index contributed by atoms with van der Waals surface area (Å²) in [5.41, 5.74) is 0.660. The Morgan fingerprint density at radius 1 is 1.41 bits per heavy atom. The summed E-state index contributed by atoms with van der Waals surface area (Å²) in [6.45, 7) is 1.85. The fourth-order valence-electron chi connectivity index (χ4n) is 1.84. The molecule has 0 fully saturated rings. The standard InChI is InChI=1S/C14H11ClN4O2S/c1-9-17-13(14(20)21-8-12-16-6-7-22-12)18-19(9)11-5-3-2-4-10(11)15/h2-7H,8H2,1H3. The van der Waals surface area contributed by atoms with Crippen molar-refractivity contribution < 1.29 is 9.53 Å². The summed E-state index contributed by atoms with van der Waals surface area (Å²) >= 11 is 7.55. The number of para-hydroxylation sites is 1. The Hall–Kier alpha value is -2.25. The van der Waals surface area contributed by atoms with Crippen molar-refractivity contribution in [3.8, 4) is 5.69 Å². The minimum atomic E-state index is -0.593. The summed E-state index contributed by atoms with van der Waals surface area (Å²) in [4.78, 5) is 20.2. The summed E-state index contributed by atoms with van der Waals surface area (Å²) < 4.78 is 6.66. The lowest BCUT2D eigenvalue weighted by Crippen LogP contribution is -2.08. The molecule has 0 amide bonds. The first-order chi connectivity index (χ1) is 10.6. The molecule has 0 bridgehead atoms. The number of aryl methyl sites for hydroxylation is 1. The second-order valence-electron chi connectivity index (χ2n) is 4.35. The molecule has 3 aromatic rings. The van der Waals surface area contributed by atoms with Crippen molar-refractivity contribution in [2.24, 2.45) is 0 Å². The van der Waals surface area contributed by atoms with E-state index in [1.54, 1.807) is 25.3 Å². The van der Waals surface area contributed by atoms with E-state index in [-0.39, 0.29) is 12.4 Å². The van der Waals surface area contributed by atoms with Crippen LogP contribution < -0.4 is 0 Å². The highest BCUT2D eigenvalue weighted by Crippen LogP contribution is 2.20. The topological polar surface area (TPSA) is 69.9 Å². The molecule has 22 heavy (non-hydrogen) atoms. The maximum Gasteiger partial charge on any atom is 0.378 e. The van der Waals surface area contributed by atoms with Gasteiger partial charge in [-0.05, 0) is 19.1 Å². The van der Waals surface area contributed by atoms with E-state index in [2.05, 4.69) is 15.1 Å². The summed E-state index contributed by atoms with van der Waals surface area (Å²) in [5, 5.41) is 7.23. The van der Waals surface area contributed by atoms with Gasteiger partial charge in [-0.25, -0.2) is 19.4 Å². The van der Waals surface area contributed by atoms with Crippen LogP contribution in [0.15, 0.2) is 35.8 Å². The zero-order valence-electron chi connectivity index (χ0n) is 11.6. The van der Waals surface area contributed by atoms with Crippen molar-refractivity contribution in [2.75, 3.05) is 0 Å². The van der Waals surface area contributed by atoms with Crippen molar-refractivity contribution in [2.45, 2.75) is 13.5 Å². The lowest BCUT2D eigenvalue weighted by atomic mass is 10.3. The molecule has 0 N–H and O–H groups in total. The first-order valence-corrected chi connectivity index (χ1v) is 7.65. The molecule has 0 radical (unpaired) electrons. The van der Waals surface area contributed by atoms with Gasteiger partial charge in [0.25, 0.3) is 5.82 Å². The highest BCUT2D eigenvalue weighted by Gasteiger charge is 2.18. The van der Waals surface area contributed by atoms with Crippen molar-refractivity contribution in [1.29, 1.82) is 0 Å². The predicted molar refractivity (Wildman–Crippen MR) is 82.3 cm³/mol. The van der Waals surface area contributed by atoms with Crippen molar-refractivity contribution in [3.05, 3.63) is 57.5 Å². The van der Waals surface area contributed by atoms with E-state index in [1.165, 1.54) is 16.0 Å². The van der Waals surface area contributed by atoms with Gasteiger partial charge >= 0.3 is 5.97 Å². The summed E-state index contributed by atoms with van der Waals surface area (Å²) in [7, 11) is 0. The maximum absolute atomic E-state index is 12.0. The van der Waals surface area contributed by atoms with Crippen molar-refractivity contribution in [1.82, 2.24) is 19.7 Å². The molecule has 0 saturated carbocycles. The maximum atomic E-state index is 12.0. The molecule has 0 saturated heterocycles. The van der Waals surface area contributed by atoms with Crippen LogP contribution in [0.1, 0.15) is 21.5 Å². The number of benzene rings is 1. The minimum Gasteiger partial charge on any atom is -0.452 e. The molecule has 2 aromatic heterocycles. The van der Waals surface area contributed by atoms with E-state index < -0.39 is 5.97 Å². The number of aromatic nitrogens is 4. The molecule has 0 spiro atoms. The normalized spacial score (nSPS) is 10.6. The Bertz CT molecular complexity index is 801. The summed E-state index contributed by atoms with van der Waals surface area (Å²) in [5.74, 6) is -0.0487. The van der Waals surface area contributed by atoms with Crippen LogP contribution in [0.2, 0.25) is 5.02 Å². The zero-order valence-corrected chi connectivity index (χ0v) is 13.1. The van der Waals surface area contributed by atoms with Crippen LogP contribution in [0.3, 0.4) is 0 Å². The monoisotopic (exact) mass is 334 g/mol. The van der Waals surface area contributed by atoms with E-state index in [9.17, 15) is 4.79 Å². The number of carbonyl (C=O) groups excluding carboxylic acids is 1. The highest BCUT2D eigenvalue weighted by molar-refractivity contribution is 7.09. The average Bonchev–Trinajstić information content (AvgIpc) is 3.15. The molecule has 2 heterocycles. The molecule has 0 aliphatic rings. The molecule has 0 aliphatic carbocycles. The van der Waals surface area contributed by atoms with Crippen LogP contribution in [0.4, 0.5) is 0 Å². The lowest BCUT2D eigenvalue weighted by Gasteiger charge is -2.04. The van der Waals surface area contributed by atoms with Gasteiger partial charge in [0.1, 0.15) is 17.4 Å². The number of halogens is 1. The van der Waals surface area contributed by atoms with Crippen LogP contribution in [0, 0.1) is 6.92 Å². The Kier molecular flexibility index (Phi) is 4.17. The number of nitrogens with zero attached hydrogens (tertiary/aromatic N) is 4. The molecule has 1 aromatic carbocycles. The van der Waals surface area contributed by atoms with E-state index in [4.69, 9.17) is 16.3 Å². The molecular formula is C14H11ClN4O2S. The van der Waals surface area contributed by atoms with Crippen molar-refractivity contribution in [3.63, 3.8) is 0 Å². The second-order valence-corrected chi connectivity index (χ2v) is 5.73. The zero-order chi connectivity index (χ0) is 15.5. The number of ether oxygens (including phenoxy) is 1. The molecular weight excluding hydrogens is 324 g/mol. The molecule has 0 unspecified atom stereocenters. The fraction of sp³-hybridized carbons (Fsp3) is 0.143. The number of thiazole rings is 1. The number of esters is 1. The fourth-order valence-corrected chi connectivity index (χ4v) is 2.59. The highest BCUT2D eigenvalue weighted by atomic mass is 35.5. The lowest BCUT2D eigenvalue weighted by molar-refractivity contribution is 0.0458. The first-order valence-electron chi connectivity index (χ1n) is 6.39. The van der Waals surface area contributed by atoms with Gasteiger partial charge < -0.3 is 4.74 Å². The third-order valence-corrected chi connectivity index (χ3v) is 3.92. The van der Waals surface area contributed by atoms with Gasteiger partial charge in [-0.2, -0.15) is 0 Å². The second kappa shape index (κ2) is 6.25. The van der Waals surface area contributed by atoms with Gasteiger partial charge in [-0.15, -0.1) is 16.4 Å². The smallest absolute Gasteiger partial charge is 0.378 e. The molecule has 6 nitrogen and oxygen atoms in total. The summed E-state index contributed by atoms with van der Waals surface area (Å²) in [6, 6.07) is 7.21. The van der Waals surface area contributed by atoms with Crippen LogP contribution >= 0.6 is 22.9 Å². The largest absolute Gasteiger partial charge is 0.452 e. The minimum absolute atomic E-state index is 0.00558. The Morgan fingerprint density at radius 2 is 2.23 bits per heavy atom. The third kappa shape index (κ3) is 3.00. The molecule has 0 atom stereocenters. The molecule has 8 heteroatoms. The summed E-state index contributed by atoms with van der Waals surface area (Å²) in [6.07, 6.45) is 1.66. The average molecular weight is 335 g/mol. The predicted octanol–water partition coefficient (Wildman–Crippen LogP) is 3.04. The van der Waals surface area contributed by atoms with Gasteiger partial charge in [0.2, 0.25) is 0 Å². The Labute approximate surface area is 135 Å². The Morgan fingerprint density at radius 3 is 2.95 bits per heavy atom. The van der Waals surface area contributed by atoms with Crippen LogP contribution in [-0.4, -0.2) is 25.7 Å². The van der Waals surface area contributed by atoms with Crippen LogP contribution in [-0.2, 0) is 11.3 Å². The SMILES string of the molecule is Cc1nc(C(=O)OCc2nccs2)nn1-c1ccccc1Cl. The van der Waals surface area contributed by atoms with Gasteiger partial charge in [0.15, 0.2) is 0 Å². The van der Waals surface area contributed by atoms with E-state index >= 15 is 0 Å². The van der Waals surface area contributed by atoms with E-state index in [0.717, 1.165) is 5.01 Å². The molecule has 112 valence electrons. The number of hydrogen-bond acceptors (Lipinski definition) is 6. The van der Waals surface area contributed by atoms with Crippen molar-refractivity contribution >= 4 is 28.9 Å². The van der Waals surface area contributed by atoms with Crippen LogP contribution in [0.5, 0.6) is 0 Å². The third-order valence-electron chi connectivity index (χ3n) is 2.84. The molecule has 3 rings (SSSR count). The van der Waals surface area contributed by atoms with Gasteiger partial charge in [-0.1, -0.05) is 23.7 Å². The van der Waals surface area contributed by atoms with Gasteiger partial charge in [0, 0.05) is 11.6 Å². The van der Waals surface area contributed by atoms with Gasteiger partial charge in [-0.3, -0.25) is 0 Å². The number of rotatable bonds is 4. The van der Waals surface area contributed by atoms with E-state index in [0.29, 0.717) is 16.5 Å². The number of carbonyl (C=O) groups is 1. The number of hydrogen-bond donors (Lipinski definition) is 0. The van der Waals surface area contributed by atoms with E-state index in [1.807, 2.05) is 17.5 Å².